The van der Waals surface area contributed by atoms with E-state index in [-0.39, 0.29) is 17.2 Å². The quantitative estimate of drug-likeness (QED) is 0.511. The van der Waals surface area contributed by atoms with Crippen molar-refractivity contribution >= 4 is 11.5 Å². The Morgan fingerprint density at radius 2 is 1.57 bits per heavy atom. The molecule has 0 aliphatic rings. The van der Waals surface area contributed by atoms with Gasteiger partial charge in [0.15, 0.2) is 29.0 Å². The van der Waals surface area contributed by atoms with Crippen LogP contribution >= 0.6 is 0 Å². The summed E-state index contributed by atoms with van der Waals surface area (Å²) in [5, 5.41) is 5.37. The third-order valence-electron chi connectivity index (χ3n) is 3.80. The average molecular weight is 394 g/mol. The van der Waals surface area contributed by atoms with Crippen LogP contribution in [0.25, 0.3) is 5.69 Å². The van der Waals surface area contributed by atoms with Crippen LogP contribution in [0.5, 0.6) is 11.8 Å². The van der Waals surface area contributed by atoms with E-state index in [4.69, 9.17) is 4.74 Å². The van der Waals surface area contributed by atoms with Gasteiger partial charge in [-0.2, -0.15) is 4.98 Å². The Morgan fingerprint density at radius 3 is 2.18 bits per heavy atom. The van der Waals surface area contributed by atoms with E-state index < -0.39 is 40.6 Å². The summed E-state index contributed by atoms with van der Waals surface area (Å²) >= 11 is 0. The molecule has 0 amide bonds. The largest absolute Gasteiger partial charge is 0.422 e. The summed E-state index contributed by atoms with van der Waals surface area (Å²) in [6.07, 6.45) is 0. The first kappa shape index (κ1) is 19.2. The zero-order chi connectivity index (χ0) is 20.4. The van der Waals surface area contributed by atoms with E-state index in [9.17, 15) is 22.4 Å². The molecule has 0 fully saturated rings. The first-order valence-corrected chi connectivity index (χ1v) is 7.96. The van der Waals surface area contributed by atoms with Crippen molar-refractivity contribution in [3.05, 3.63) is 70.0 Å². The third-order valence-corrected chi connectivity index (χ3v) is 3.80. The molecule has 2 N–H and O–H groups in total. The molecule has 0 unspecified atom stereocenters. The summed E-state index contributed by atoms with van der Waals surface area (Å²) in [4.78, 5) is 17.0. The number of aromatic nitrogens is 2. The lowest BCUT2D eigenvalue weighted by atomic mass is 10.3. The molecule has 1 aromatic heterocycles. The highest BCUT2D eigenvalue weighted by Gasteiger charge is 2.20. The van der Waals surface area contributed by atoms with Gasteiger partial charge in [-0.1, -0.05) is 0 Å². The fourth-order valence-electron chi connectivity index (χ4n) is 2.47. The lowest BCUT2D eigenvalue weighted by Crippen LogP contribution is -2.25. The van der Waals surface area contributed by atoms with Crippen molar-refractivity contribution in [3.8, 4) is 17.4 Å². The maximum atomic E-state index is 14.0. The Labute approximate surface area is 156 Å². The molecule has 0 saturated carbocycles. The van der Waals surface area contributed by atoms with Gasteiger partial charge in [-0.15, -0.1) is 0 Å². The molecule has 3 aromatic rings. The zero-order valence-corrected chi connectivity index (χ0v) is 14.7. The van der Waals surface area contributed by atoms with E-state index in [2.05, 4.69) is 15.6 Å². The normalized spacial score (nSPS) is 10.6. The number of nitrogens with one attached hydrogen (secondary N) is 2. The molecule has 10 heteroatoms. The van der Waals surface area contributed by atoms with Gasteiger partial charge in [0.2, 0.25) is 0 Å². The average Bonchev–Trinajstić information content (AvgIpc) is 2.67. The standard InChI is InChI=1S/C18H14F4N4O2/c1-23-15-16(24-2)25-18(28-14-8-12(21)11(20)7-13(14)22)26(17(15)27)10-5-3-9(19)4-6-10/h3-8,23-24H,1-2H3. The smallest absolute Gasteiger partial charge is 0.311 e. The van der Waals surface area contributed by atoms with Gasteiger partial charge in [0.1, 0.15) is 11.5 Å². The molecular formula is C18H14F4N4O2. The minimum absolute atomic E-state index is 0.0601. The molecule has 0 radical (unpaired) electrons. The van der Waals surface area contributed by atoms with Gasteiger partial charge < -0.3 is 15.4 Å². The van der Waals surface area contributed by atoms with Crippen LogP contribution in [0.15, 0.2) is 41.2 Å². The molecule has 0 atom stereocenters. The molecule has 146 valence electrons. The van der Waals surface area contributed by atoms with E-state index in [1.54, 1.807) is 0 Å². The topological polar surface area (TPSA) is 68.2 Å². The Balaban J connectivity index is 2.24. The SMILES string of the molecule is CNc1nc(Oc2cc(F)c(F)cc2F)n(-c2ccc(F)cc2)c(=O)c1NC. The van der Waals surface area contributed by atoms with Gasteiger partial charge in [-0.3, -0.25) is 4.79 Å². The highest BCUT2D eigenvalue weighted by atomic mass is 19.2. The van der Waals surface area contributed by atoms with Crippen molar-refractivity contribution in [1.82, 2.24) is 9.55 Å². The van der Waals surface area contributed by atoms with Crippen molar-refractivity contribution in [2.24, 2.45) is 0 Å². The van der Waals surface area contributed by atoms with Crippen LogP contribution in [0.3, 0.4) is 0 Å². The molecule has 3 rings (SSSR count). The van der Waals surface area contributed by atoms with Gasteiger partial charge in [0.25, 0.3) is 5.56 Å². The molecule has 0 aliphatic carbocycles. The molecule has 0 aliphatic heterocycles. The Morgan fingerprint density at radius 1 is 0.929 bits per heavy atom. The minimum atomic E-state index is -1.39. The van der Waals surface area contributed by atoms with Crippen LogP contribution in [-0.4, -0.2) is 23.6 Å². The Kier molecular flexibility index (Phi) is 5.21. The lowest BCUT2D eigenvalue weighted by Gasteiger charge is -2.17. The Hall–Kier alpha value is -3.56. The van der Waals surface area contributed by atoms with Gasteiger partial charge in [-0.05, 0) is 24.3 Å². The van der Waals surface area contributed by atoms with E-state index in [1.165, 1.54) is 26.2 Å². The van der Waals surface area contributed by atoms with E-state index >= 15 is 0 Å². The summed E-state index contributed by atoms with van der Waals surface area (Å²) in [5.41, 5.74) is -0.424. The minimum Gasteiger partial charge on any atom is -0.422 e. The highest BCUT2D eigenvalue weighted by Crippen LogP contribution is 2.29. The first-order chi connectivity index (χ1) is 13.3. The predicted molar refractivity (Wildman–Crippen MR) is 95.3 cm³/mol. The maximum absolute atomic E-state index is 14.0. The summed E-state index contributed by atoms with van der Waals surface area (Å²) in [7, 11) is 2.98. The van der Waals surface area contributed by atoms with Crippen LogP contribution in [0, 0.1) is 23.3 Å². The maximum Gasteiger partial charge on any atom is 0.311 e. The fraction of sp³-hybridized carbons (Fsp3) is 0.111. The van der Waals surface area contributed by atoms with Crippen LogP contribution in [0.2, 0.25) is 0 Å². The van der Waals surface area contributed by atoms with E-state index in [0.29, 0.717) is 12.1 Å². The van der Waals surface area contributed by atoms with Gasteiger partial charge in [0, 0.05) is 26.2 Å². The van der Waals surface area contributed by atoms with E-state index in [1.807, 2.05) is 0 Å². The molecule has 1 heterocycles. The van der Waals surface area contributed by atoms with Crippen molar-refractivity contribution in [2.75, 3.05) is 24.7 Å². The van der Waals surface area contributed by atoms with Crippen LogP contribution in [0.4, 0.5) is 29.1 Å². The Bertz CT molecular complexity index is 1080. The van der Waals surface area contributed by atoms with Crippen LogP contribution in [-0.2, 0) is 0 Å². The fourth-order valence-corrected chi connectivity index (χ4v) is 2.47. The van der Waals surface area contributed by atoms with Gasteiger partial charge in [0.05, 0.1) is 5.69 Å². The van der Waals surface area contributed by atoms with Crippen molar-refractivity contribution < 1.29 is 22.3 Å². The van der Waals surface area contributed by atoms with E-state index in [0.717, 1.165) is 16.7 Å². The lowest BCUT2D eigenvalue weighted by molar-refractivity contribution is 0.387. The number of ether oxygens (including phenoxy) is 1. The summed E-state index contributed by atoms with van der Waals surface area (Å²) in [6.45, 7) is 0. The summed E-state index contributed by atoms with van der Waals surface area (Å²) in [5.74, 6) is -5.07. The molecule has 28 heavy (non-hydrogen) atoms. The van der Waals surface area contributed by atoms with Gasteiger partial charge >= 0.3 is 6.01 Å². The molecular weight excluding hydrogens is 380 g/mol. The second kappa shape index (κ2) is 7.59. The first-order valence-electron chi connectivity index (χ1n) is 7.96. The molecule has 0 bridgehead atoms. The van der Waals surface area contributed by atoms with Crippen molar-refractivity contribution in [1.29, 1.82) is 0 Å². The number of anilines is 2. The van der Waals surface area contributed by atoms with Gasteiger partial charge in [-0.25, -0.2) is 22.1 Å². The second-order valence-corrected chi connectivity index (χ2v) is 5.53. The predicted octanol–water partition coefficient (Wildman–Crippen LogP) is 3.66. The molecule has 0 saturated heterocycles. The summed E-state index contributed by atoms with van der Waals surface area (Å²) < 4.78 is 60.2. The number of benzene rings is 2. The number of hydrogen-bond acceptors (Lipinski definition) is 5. The van der Waals surface area contributed by atoms with Crippen LogP contribution < -0.4 is 20.9 Å². The zero-order valence-electron chi connectivity index (χ0n) is 14.7. The van der Waals surface area contributed by atoms with Crippen molar-refractivity contribution in [3.63, 3.8) is 0 Å². The third kappa shape index (κ3) is 3.48. The molecule has 6 nitrogen and oxygen atoms in total. The highest BCUT2D eigenvalue weighted by molar-refractivity contribution is 5.64. The van der Waals surface area contributed by atoms with Crippen molar-refractivity contribution in [2.45, 2.75) is 0 Å². The second-order valence-electron chi connectivity index (χ2n) is 5.53. The van der Waals surface area contributed by atoms with Crippen LogP contribution in [0.1, 0.15) is 0 Å². The molecule has 2 aromatic carbocycles. The number of halogens is 4. The number of rotatable bonds is 5. The molecule has 0 spiro atoms. The monoisotopic (exact) mass is 394 g/mol. The summed E-state index contributed by atoms with van der Waals surface area (Å²) in [6, 6.07) is 5.15. The number of hydrogen-bond donors (Lipinski definition) is 2. The number of nitrogens with zero attached hydrogens (tertiary/aromatic N) is 2.